The van der Waals surface area contributed by atoms with Crippen molar-refractivity contribution >= 4 is 33.2 Å². The van der Waals surface area contributed by atoms with Gasteiger partial charge in [-0.1, -0.05) is 41.9 Å². The van der Waals surface area contributed by atoms with Crippen molar-refractivity contribution in [2.45, 2.75) is 24.5 Å². The number of benzene rings is 3. The van der Waals surface area contributed by atoms with E-state index in [1.807, 2.05) is 30.3 Å². The monoisotopic (exact) mass is 472 g/mol. The zero-order valence-corrected chi connectivity index (χ0v) is 18.8. The maximum Gasteiger partial charge on any atom is 0.264 e. The third-order valence-electron chi connectivity index (χ3n) is 4.94. The Morgan fingerprint density at radius 1 is 1.03 bits per heavy atom. The van der Waals surface area contributed by atoms with Crippen LogP contribution < -0.4 is 19.5 Å². The predicted octanol–water partition coefficient (Wildman–Crippen LogP) is 3.73. The van der Waals surface area contributed by atoms with Crippen molar-refractivity contribution in [1.29, 1.82) is 0 Å². The van der Waals surface area contributed by atoms with Crippen molar-refractivity contribution in [2.24, 2.45) is 5.73 Å². The van der Waals surface area contributed by atoms with Gasteiger partial charge in [0.25, 0.3) is 10.0 Å². The first kappa shape index (κ1) is 22.0. The van der Waals surface area contributed by atoms with E-state index < -0.39 is 28.8 Å². The summed E-state index contributed by atoms with van der Waals surface area (Å²) in [6, 6.07) is 18.7. The van der Waals surface area contributed by atoms with E-state index in [2.05, 4.69) is 0 Å². The van der Waals surface area contributed by atoms with E-state index in [1.165, 1.54) is 18.2 Å². The Bertz CT molecular complexity index is 1260. The van der Waals surface area contributed by atoms with E-state index in [4.69, 9.17) is 26.8 Å². The first-order valence-corrected chi connectivity index (χ1v) is 11.7. The number of ether oxygens (including phenoxy) is 2. The molecule has 32 heavy (non-hydrogen) atoms. The second-order valence-corrected chi connectivity index (χ2v) is 9.62. The van der Waals surface area contributed by atoms with Gasteiger partial charge in [-0.25, -0.2) is 8.42 Å². The highest BCUT2D eigenvalue weighted by Gasteiger charge is 2.31. The van der Waals surface area contributed by atoms with Gasteiger partial charge >= 0.3 is 0 Å². The second kappa shape index (κ2) is 8.72. The number of halogens is 1. The summed E-state index contributed by atoms with van der Waals surface area (Å²) in [5.41, 5.74) is 7.36. The molecule has 166 valence electrons. The first-order valence-electron chi connectivity index (χ1n) is 9.85. The molecule has 0 bridgehead atoms. The molecule has 1 amide bonds. The molecule has 1 aliphatic rings. The minimum absolute atomic E-state index is 0.0455. The summed E-state index contributed by atoms with van der Waals surface area (Å²) >= 11 is 6.21. The molecule has 1 heterocycles. The summed E-state index contributed by atoms with van der Waals surface area (Å²) < 4.78 is 39.2. The molecule has 2 N–H and O–H groups in total. The number of hydrogen-bond acceptors (Lipinski definition) is 5. The van der Waals surface area contributed by atoms with Crippen molar-refractivity contribution in [2.75, 3.05) is 10.8 Å². The lowest BCUT2D eigenvalue weighted by Crippen LogP contribution is -2.39. The molecule has 0 aliphatic carbocycles. The van der Waals surface area contributed by atoms with Crippen LogP contribution in [0.3, 0.4) is 0 Å². The van der Waals surface area contributed by atoms with Gasteiger partial charge in [0.1, 0.15) is 6.54 Å². The number of amides is 1. The normalized spacial score (nSPS) is 14.9. The fourth-order valence-corrected chi connectivity index (χ4v) is 5.22. The Kier molecular flexibility index (Phi) is 5.99. The van der Waals surface area contributed by atoms with Crippen LogP contribution in [0, 0.1) is 0 Å². The van der Waals surface area contributed by atoms with Crippen molar-refractivity contribution in [1.82, 2.24) is 0 Å². The van der Waals surface area contributed by atoms with Gasteiger partial charge in [-0.2, -0.15) is 0 Å². The van der Waals surface area contributed by atoms with Crippen LogP contribution >= 0.6 is 11.6 Å². The third-order valence-corrected chi connectivity index (χ3v) is 6.93. The molecule has 7 nitrogen and oxygen atoms in total. The molecule has 4 rings (SSSR count). The number of rotatable bonds is 7. The van der Waals surface area contributed by atoms with Gasteiger partial charge < -0.3 is 15.2 Å². The lowest BCUT2D eigenvalue weighted by molar-refractivity contribution is -0.116. The highest BCUT2D eigenvalue weighted by atomic mass is 35.5. The number of nitrogens with two attached hydrogens (primary N) is 1. The SMILES string of the molecule is CC1Oc2ccc(S(=O)(=O)N(CC(N)=O)c3ccc(Cl)cc3Cc3ccccc3)cc2O1. The smallest absolute Gasteiger partial charge is 0.264 e. The fourth-order valence-electron chi connectivity index (χ4n) is 3.54. The number of carbonyl (C=O) groups excluding carboxylic acids is 1. The molecule has 0 radical (unpaired) electrons. The van der Waals surface area contributed by atoms with Crippen LogP contribution in [0.25, 0.3) is 0 Å². The van der Waals surface area contributed by atoms with Crippen LogP contribution in [0.1, 0.15) is 18.1 Å². The van der Waals surface area contributed by atoms with E-state index >= 15 is 0 Å². The van der Waals surface area contributed by atoms with Gasteiger partial charge in [0.05, 0.1) is 10.6 Å². The molecule has 0 aromatic heterocycles. The highest BCUT2D eigenvalue weighted by molar-refractivity contribution is 7.92. The number of primary amides is 1. The Hall–Kier alpha value is -3.23. The summed E-state index contributed by atoms with van der Waals surface area (Å²) in [6.45, 7) is 1.17. The van der Waals surface area contributed by atoms with Crippen LogP contribution in [-0.2, 0) is 21.2 Å². The molecule has 0 fully saturated rings. The lowest BCUT2D eigenvalue weighted by Gasteiger charge is -2.26. The predicted molar refractivity (Wildman–Crippen MR) is 122 cm³/mol. The second-order valence-electron chi connectivity index (χ2n) is 7.33. The molecule has 0 spiro atoms. The van der Waals surface area contributed by atoms with Crippen LogP contribution in [0.15, 0.2) is 71.6 Å². The number of sulfonamides is 1. The van der Waals surface area contributed by atoms with Crippen molar-refractivity contribution in [3.8, 4) is 11.5 Å². The molecule has 1 aliphatic heterocycles. The van der Waals surface area contributed by atoms with Gasteiger partial charge in [0.2, 0.25) is 12.2 Å². The van der Waals surface area contributed by atoms with Crippen molar-refractivity contribution in [3.63, 3.8) is 0 Å². The van der Waals surface area contributed by atoms with Crippen LogP contribution in [-0.4, -0.2) is 27.2 Å². The van der Waals surface area contributed by atoms with Crippen molar-refractivity contribution < 1.29 is 22.7 Å². The third kappa shape index (κ3) is 4.51. The summed E-state index contributed by atoms with van der Waals surface area (Å²) in [6.07, 6.45) is -0.0985. The van der Waals surface area contributed by atoms with E-state index in [0.717, 1.165) is 9.87 Å². The maximum atomic E-state index is 13.6. The number of hydrogen-bond donors (Lipinski definition) is 1. The van der Waals surface area contributed by atoms with Crippen LogP contribution in [0.5, 0.6) is 11.5 Å². The zero-order valence-electron chi connectivity index (χ0n) is 17.2. The molecule has 1 unspecified atom stereocenters. The topological polar surface area (TPSA) is 98.9 Å². The molecule has 3 aromatic rings. The number of fused-ring (bicyclic) bond motifs is 1. The molecular weight excluding hydrogens is 452 g/mol. The lowest BCUT2D eigenvalue weighted by atomic mass is 10.0. The maximum absolute atomic E-state index is 13.6. The standard InChI is InChI=1S/C23H21ClN2O5S/c1-15-30-21-10-8-19(13-22(21)31-15)32(28,29)26(14-23(25)27)20-9-7-18(24)12-17(20)11-16-5-3-2-4-6-16/h2-10,12-13,15H,11,14H2,1H3,(H2,25,27). The Morgan fingerprint density at radius 3 is 2.47 bits per heavy atom. The molecule has 1 atom stereocenters. The molecule has 9 heteroatoms. The van der Waals surface area contributed by atoms with Crippen LogP contribution in [0.2, 0.25) is 5.02 Å². The average Bonchev–Trinajstić information content (AvgIpc) is 3.12. The van der Waals surface area contributed by atoms with E-state index in [9.17, 15) is 13.2 Å². The summed E-state index contributed by atoms with van der Waals surface area (Å²) in [7, 11) is -4.16. The number of carbonyl (C=O) groups is 1. The molecule has 0 saturated carbocycles. The highest BCUT2D eigenvalue weighted by Crippen LogP contribution is 2.38. The Labute approximate surface area is 191 Å². The van der Waals surface area contributed by atoms with E-state index in [-0.39, 0.29) is 4.90 Å². The van der Waals surface area contributed by atoms with Gasteiger partial charge in [-0.05, 0) is 47.9 Å². The van der Waals surface area contributed by atoms with Crippen LogP contribution in [0.4, 0.5) is 5.69 Å². The minimum atomic E-state index is -4.16. The van der Waals surface area contributed by atoms with Gasteiger partial charge in [-0.3, -0.25) is 9.10 Å². The number of nitrogens with zero attached hydrogens (tertiary/aromatic N) is 1. The summed E-state index contributed by atoms with van der Waals surface area (Å²) in [5, 5.41) is 0.452. The summed E-state index contributed by atoms with van der Waals surface area (Å²) in [4.78, 5) is 11.8. The fraction of sp³-hybridized carbons (Fsp3) is 0.174. The summed E-state index contributed by atoms with van der Waals surface area (Å²) in [5.74, 6) is -0.0177. The Balaban J connectivity index is 1.79. The van der Waals surface area contributed by atoms with Crippen molar-refractivity contribution in [3.05, 3.63) is 82.9 Å². The van der Waals surface area contributed by atoms with Gasteiger partial charge in [0.15, 0.2) is 11.5 Å². The number of anilines is 1. The zero-order chi connectivity index (χ0) is 22.9. The molecule has 3 aromatic carbocycles. The minimum Gasteiger partial charge on any atom is -0.451 e. The quantitative estimate of drug-likeness (QED) is 0.565. The van der Waals surface area contributed by atoms with Gasteiger partial charge in [-0.15, -0.1) is 0 Å². The molecule has 0 saturated heterocycles. The molecular formula is C23H21ClN2O5S. The van der Waals surface area contributed by atoms with E-state index in [0.29, 0.717) is 34.2 Å². The average molecular weight is 473 g/mol. The first-order chi connectivity index (χ1) is 15.2. The van der Waals surface area contributed by atoms with E-state index in [1.54, 1.807) is 25.1 Å². The van der Waals surface area contributed by atoms with Gasteiger partial charge in [0, 0.05) is 18.0 Å². The Morgan fingerprint density at radius 2 is 1.75 bits per heavy atom. The largest absolute Gasteiger partial charge is 0.451 e.